The van der Waals surface area contributed by atoms with E-state index in [0.29, 0.717) is 17.8 Å². The van der Waals surface area contributed by atoms with E-state index in [1.165, 1.54) is 5.56 Å². The number of para-hydroxylation sites is 1. The maximum atomic E-state index is 12.1. The molecular weight excluding hydrogens is 354 g/mol. The monoisotopic (exact) mass is 371 g/mol. The molecule has 0 fully saturated rings. The highest BCUT2D eigenvalue weighted by molar-refractivity contribution is 9.10. The summed E-state index contributed by atoms with van der Waals surface area (Å²) in [6.45, 7) is 4.43. The molecule has 0 aliphatic heterocycles. The molecule has 0 amide bonds. The predicted octanol–water partition coefficient (Wildman–Crippen LogP) is 3.71. The van der Waals surface area contributed by atoms with E-state index >= 15 is 0 Å². The van der Waals surface area contributed by atoms with Crippen molar-refractivity contribution >= 4 is 26.8 Å². The molecule has 1 heterocycles. The maximum absolute atomic E-state index is 12.1. The van der Waals surface area contributed by atoms with E-state index in [-0.39, 0.29) is 5.56 Å². The molecule has 0 atom stereocenters. The summed E-state index contributed by atoms with van der Waals surface area (Å²) in [6, 6.07) is 15.7. The van der Waals surface area contributed by atoms with E-state index < -0.39 is 0 Å². The molecule has 0 unspecified atom stereocenters. The van der Waals surface area contributed by atoms with Crippen LogP contribution in [0.1, 0.15) is 18.3 Å². The number of nitrogens with zero attached hydrogens (tertiary/aromatic N) is 2. The van der Waals surface area contributed by atoms with Crippen molar-refractivity contribution in [1.29, 1.82) is 0 Å². The number of hydrogen-bond acceptors (Lipinski definition) is 3. The standard InChI is InChI=1S/C18H18BrN3O/c1-2-22(11-13-7-9-14(19)10-8-13)12-17-20-16-6-4-3-5-15(16)18(23)21-17/h3-10H,2,11-12H2,1H3,(H,20,21,23). The summed E-state index contributed by atoms with van der Waals surface area (Å²) in [7, 11) is 0. The quantitative estimate of drug-likeness (QED) is 0.743. The lowest BCUT2D eigenvalue weighted by molar-refractivity contribution is 0.264. The fourth-order valence-electron chi connectivity index (χ4n) is 2.55. The van der Waals surface area contributed by atoms with Gasteiger partial charge in [0.1, 0.15) is 5.82 Å². The highest BCUT2D eigenvalue weighted by Crippen LogP contribution is 2.13. The van der Waals surface area contributed by atoms with Gasteiger partial charge >= 0.3 is 0 Å². The summed E-state index contributed by atoms with van der Waals surface area (Å²) in [5.74, 6) is 0.702. The summed E-state index contributed by atoms with van der Waals surface area (Å²) in [6.07, 6.45) is 0. The van der Waals surface area contributed by atoms with Crippen LogP contribution >= 0.6 is 15.9 Å². The number of H-pyrrole nitrogens is 1. The van der Waals surface area contributed by atoms with Crippen molar-refractivity contribution in [3.8, 4) is 0 Å². The highest BCUT2D eigenvalue weighted by atomic mass is 79.9. The molecule has 0 bridgehead atoms. The first-order valence-electron chi connectivity index (χ1n) is 7.60. The van der Waals surface area contributed by atoms with E-state index in [1.807, 2.05) is 30.3 Å². The van der Waals surface area contributed by atoms with Gasteiger partial charge in [0.05, 0.1) is 17.4 Å². The molecule has 118 valence electrons. The van der Waals surface area contributed by atoms with Gasteiger partial charge in [-0.3, -0.25) is 9.69 Å². The zero-order valence-corrected chi connectivity index (χ0v) is 14.5. The van der Waals surface area contributed by atoms with E-state index in [1.54, 1.807) is 6.07 Å². The van der Waals surface area contributed by atoms with Crippen molar-refractivity contribution in [2.24, 2.45) is 0 Å². The Morgan fingerprint density at radius 3 is 2.57 bits per heavy atom. The Balaban J connectivity index is 1.81. The summed E-state index contributed by atoms with van der Waals surface area (Å²) >= 11 is 3.45. The van der Waals surface area contributed by atoms with Crippen LogP contribution in [0.15, 0.2) is 57.8 Å². The van der Waals surface area contributed by atoms with Crippen LogP contribution in [0.5, 0.6) is 0 Å². The molecule has 0 saturated carbocycles. The van der Waals surface area contributed by atoms with Crippen LogP contribution in [0.25, 0.3) is 10.9 Å². The molecule has 4 nitrogen and oxygen atoms in total. The predicted molar refractivity (Wildman–Crippen MR) is 96.3 cm³/mol. The van der Waals surface area contributed by atoms with E-state index in [9.17, 15) is 4.79 Å². The number of fused-ring (bicyclic) bond motifs is 1. The molecule has 0 radical (unpaired) electrons. The van der Waals surface area contributed by atoms with Crippen molar-refractivity contribution in [2.45, 2.75) is 20.0 Å². The molecule has 3 rings (SSSR count). The smallest absolute Gasteiger partial charge is 0.258 e. The molecule has 1 aromatic heterocycles. The van der Waals surface area contributed by atoms with Gasteiger partial charge in [0.25, 0.3) is 5.56 Å². The topological polar surface area (TPSA) is 49.0 Å². The third-order valence-corrected chi connectivity index (χ3v) is 4.33. The zero-order valence-electron chi connectivity index (χ0n) is 12.9. The van der Waals surface area contributed by atoms with Gasteiger partial charge in [-0.05, 0) is 36.4 Å². The van der Waals surface area contributed by atoms with Gasteiger partial charge < -0.3 is 4.98 Å². The number of nitrogens with one attached hydrogen (secondary N) is 1. The Labute approximate surface area is 143 Å². The Kier molecular flexibility index (Phi) is 4.88. The fourth-order valence-corrected chi connectivity index (χ4v) is 2.81. The average Bonchev–Trinajstić information content (AvgIpc) is 2.56. The van der Waals surface area contributed by atoms with Crippen molar-refractivity contribution in [3.05, 3.63) is 74.7 Å². The number of benzene rings is 2. The number of aromatic nitrogens is 2. The largest absolute Gasteiger partial charge is 0.309 e. The Morgan fingerprint density at radius 2 is 1.83 bits per heavy atom. The van der Waals surface area contributed by atoms with Crippen molar-refractivity contribution in [2.75, 3.05) is 6.54 Å². The molecule has 5 heteroatoms. The molecule has 3 aromatic rings. The van der Waals surface area contributed by atoms with E-state index in [2.05, 4.69) is 49.9 Å². The first-order valence-corrected chi connectivity index (χ1v) is 8.39. The third kappa shape index (κ3) is 3.86. The number of halogens is 1. The number of aromatic amines is 1. The van der Waals surface area contributed by atoms with Gasteiger partial charge in [0, 0.05) is 11.0 Å². The molecule has 0 aliphatic rings. The van der Waals surface area contributed by atoms with Crippen molar-refractivity contribution < 1.29 is 0 Å². The zero-order chi connectivity index (χ0) is 16.2. The average molecular weight is 372 g/mol. The van der Waals surface area contributed by atoms with Crippen LogP contribution in [0.4, 0.5) is 0 Å². The minimum absolute atomic E-state index is 0.0784. The summed E-state index contributed by atoms with van der Waals surface area (Å²) in [5, 5.41) is 0.632. The molecule has 2 aromatic carbocycles. The summed E-state index contributed by atoms with van der Waals surface area (Å²) in [4.78, 5) is 21.9. The second-order valence-electron chi connectivity index (χ2n) is 5.46. The lowest BCUT2D eigenvalue weighted by Gasteiger charge is -2.20. The summed E-state index contributed by atoms with van der Waals surface area (Å²) in [5.41, 5.74) is 1.90. The van der Waals surface area contributed by atoms with Gasteiger partial charge in [0.2, 0.25) is 0 Å². The second-order valence-corrected chi connectivity index (χ2v) is 6.38. The fraction of sp³-hybridized carbons (Fsp3) is 0.222. The minimum atomic E-state index is -0.0784. The van der Waals surface area contributed by atoms with Gasteiger partial charge in [-0.25, -0.2) is 4.98 Å². The van der Waals surface area contributed by atoms with E-state index in [0.717, 1.165) is 23.1 Å². The third-order valence-electron chi connectivity index (χ3n) is 3.80. The van der Waals surface area contributed by atoms with Gasteiger partial charge in [-0.1, -0.05) is 47.1 Å². The van der Waals surface area contributed by atoms with Crippen molar-refractivity contribution in [1.82, 2.24) is 14.9 Å². The Hall–Kier alpha value is -1.98. The molecule has 1 N–H and O–H groups in total. The number of hydrogen-bond donors (Lipinski definition) is 1. The van der Waals surface area contributed by atoms with Crippen LogP contribution in [-0.4, -0.2) is 21.4 Å². The van der Waals surface area contributed by atoms with Crippen molar-refractivity contribution in [3.63, 3.8) is 0 Å². The molecular formula is C18H18BrN3O. The van der Waals surface area contributed by atoms with Crippen LogP contribution in [0.2, 0.25) is 0 Å². The van der Waals surface area contributed by atoms with Crippen LogP contribution in [0, 0.1) is 0 Å². The molecule has 23 heavy (non-hydrogen) atoms. The second kappa shape index (κ2) is 7.06. The summed E-state index contributed by atoms with van der Waals surface area (Å²) < 4.78 is 1.07. The minimum Gasteiger partial charge on any atom is -0.309 e. The molecule has 0 spiro atoms. The van der Waals surface area contributed by atoms with Crippen LogP contribution in [-0.2, 0) is 13.1 Å². The molecule has 0 saturated heterocycles. The van der Waals surface area contributed by atoms with Crippen LogP contribution in [0.3, 0.4) is 0 Å². The lowest BCUT2D eigenvalue weighted by Crippen LogP contribution is -2.25. The maximum Gasteiger partial charge on any atom is 0.258 e. The Morgan fingerprint density at radius 1 is 1.09 bits per heavy atom. The first-order chi connectivity index (χ1) is 11.2. The SMILES string of the molecule is CCN(Cc1ccc(Br)cc1)Cc1nc2ccccc2c(=O)[nH]1. The van der Waals surface area contributed by atoms with Crippen LogP contribution < -0.4 is 5.56 Å². The van der Waals surface area contributed by atoms with Gasteiger partial charge in [-0.2, -0.15) is 0 Å². The Bertz CT molecular complexity index is 858. The normalized spacial score (nSPS) is 11.3. The highest BCUT2D eigenvalue weighted by Gasteiger charge is 2.09. The number of rotatable bonds is 5. The van der Waals surface area contributed by atoms with Gasteiger partial charge in [-0.15, -0.1) is 0 Å². The molecule has 0 aliphatic carbocycles. The lowest BCUT2D eigenvalue weighted by atomic mass is 10.2. The first kappa shape index (κ1) is 15.9. The van der Waals surface area contributed by atoms with Gasteiger partial charge in [0.15, 0.2) is 0 Å². The van der Waals surface area contributed by atoms with E-state index in [4.69, 9.17) is 0 Å².